The molecule has 2 bridgehead atoms. The number of aliphatic hydroxyl groups is 2. The molecule has 6 nitrogen and oxygen atoms in total. The molecule has 4 atom stereocenters. The van der Waals surface area contributed by atoms with Gasteiger partial charge in [0.05, 0.1) is 24.3 Å². The Hall–Kier alpha value is -2.06. The van der Waals surface area contributed by atoms with Gasteiger partial charge < -0.3 is 20.3 Å². The maximum atomic E-state index is 12.6. The molecule has 0 saturated carbocycles. The zero-order valence-corrected chi connectivity index (χ0v) is 20.6. The lowest BCUT2D eigenvalue weighted by atomic mass is 9.94. The van der Waals surface area contributed by atoms with Crippen molar-refractivity contribution < 1.29 is 24.5 Å². The number of benzene rings is 1. The van der Waals surface area contributed by atoms with Gasteiger partial charge in [-0.3, -0.25) is 9.59 Å². The molecular formula is C25H32BrNO5. The van der Waals surface area contributed by atoms with Crippen molar-refractivity contribution in [3.63, 3.8) is 0 Å². The van der Waals surface area contributed by atoms with Crippen LogP contribution in [0.5, 0.6) is 0 Å². The first kappa shape index (κ1) is 26.2. The summed E-state index contributed by atoms with van der Waals surface area (Å²) in [6.07, 6.45) is 4.86. The molecule has 174 valence electrons. The molecule has 0 aliphatic carbocycles. The van der Waals surface area contributed by atoms with Crippen LogP contribution in [0.25, 0.3) is 0 Å². The van der Waals surface area contributed by atoms with E-state index in [0.29, 0.717) is 17.7 Å². The molecular weight excluding hydrogens is 474 g/mol. The SMILES string of the molecule is CO[C@@H]1C=CC=C(C)Cc2ccc(Br)c(c2)NC(=O)C[C@H](O)C(C)=C[C@H](C)[C@@H](O)CC1=O. The van der Waals surface area contributed by atoms with Gasteiger partial charge in [-0.15, -0.1) is 0 Å². The maximum absolute atomic E-state index is 12.6. The topological polar surface area (TPSA) is 95.9 Å². The molecule has 1 aromatic rings. The van der Waals surface area contributed by atoms with Gasteiger partial charge in [-0.1, -0.05) is 36.8 Å². The van der Waals surface area contributed by atoms with Crippen molar-refractivity contribution in [1.29, 1.82) is 0 Å². The number of allylic oxidation sites excluding steroid dienone is 3. The molecule has 2 rings (SSSR count). The molecule has 32 heavy (non-hydrogen) atoms. The predicted octanol–water partition coefficient (Wildman–Crippen LogP) is 4.11. The van der Waals surface area contributed by atoms with Crippen molar-refractivity contribution >= 4 is 33.3 Å². The van der Waals surface area contributed by atoms with Crippen molar-refractivity contribution in [1.82, 2.24) is 0 Å². The van der Waals surface area contributed by atoms with Gasteiger partial charge in [-0.2, -0.15) is 0 Å². The molecule has 1 heterocycles. The minimum atomic E-state index is -0.996. The Balaban J connectivity index is 2.38. The zero-order chi connectivity index (χ0) is 23.8. The van der Waals surface area contributed by atoms with Crippen LogP contribution in [0, 0.1) is 5.92 Å². The van der Waals surface area contributed by atoms with E-state index >= 15 is 0 Å². The summed E-state index contributed by atoms with van der Waals surface area (Å²) in [7, 11) is 1.46. The summed E-state index contributed by atoms with van der Waals surface area (Å²) < 4.78 is 6.05. The first-order chi connectivity index (χ1) is 15.1. The number of aliphatic hydroxyl groups excluding tert-OH is 2. The summed E-state index contributed by atoms with van der Waals surface area (Å²) in [5.41, 5.74) is 3.27. The highest BCUT2D eigenvalue weighted by atomic mass is 79.9. The summed E-state index contributed by atoms with van der Waals surface area (Å²) in [6.45, 7) is 5.45. The van der Waals surface area contributed by atoms with Gasteiger partial charge in [0.1, 0.15) is 6.10 Å². The van der Waals surface area contributed by atoms with Crippen molar-refractivity contribution in [3.05, 3.63) is 63.7 Å². The second-order valence-electron chi connectivity index (χ2n) is 8.32. The van der Waals surface area contributed by atoms with Gasteiger partial charge in [-0.05, 0) is 65.5 Å². The maximum Gasteiger partial charge on any atom is 0.227 e. The Morgan fingerprint density at radius 3 is 2.56 bits per heavy atom. The highest BCUT2D eigenvalue weighted by Gasteiger charge is 2.23. The highest BCUT2D eigenvalue weighted by Crippen LogP contribution is 2.26. The van der Waals surface area contributed by atoms with Crippen molar-refractivity contribution in [2.45, 2.75) is 58.3 Å². The van der Waals surface area contributed by atoms with E-state index in [1.807, 2.05) is 31.2 Å². The molecule has 0 unspecified atom stereocenters. The number of hydrogen-bond acceptors (Lipinski definition) is 5. The van der Waals surface area contributed by atoms with Crippen LogP contribution in [0.1, 0.15) is 39.2 Å². The molecule has 1 aliphatic rings. The number of carbonyl (C=O) groups is 2. The van der Waals surface area contributed by atoms with Crippen LogP contribution in [0.3, 0.4) is 0 Å². The molecule has 7 heteroatoms. The number of carbonyl (C=O) groups excluding carboxylic acids is 2. The number of amides is 1. The minimum absolute atomic E-state index is 0.0765. The van der Waals surface area contributed by atoms with Gasteiger partial charge in [0.2, 0.25) is 5.91 Å². The summed E-state index contributed by atoms with van der Waals surface area (Å²) in [5.74, 6) is -0.925. The smallest absolute Gasteiger partial charge is 0.227 e. The average Bonchev–Trinajstić information content (AvgIpc) is 2.72. The first-order valence-electron chi connectivity index (χ1n) is 10.6. The molecule has 0 fully saturated rings. The summed E-state index contributed by atoms with van der Waals surface area (Å²) >= 11 is 3.46. The van der Waals surface area contributed by atoms with E-state index in [9.17, 15) is 19.8 Å². The van der Waals surface area contributed by atoms with Crippen molar-refractivity contribution in [2.75, 3.05) is 12.4 Å². The second kappa shape index (κ2) is 12.3. The number of nitrogens with one attached hydrogen (secondary N) is 1. The Morgan fingerprint density at radius 1 is 1.16 bits per heavy atom. The van der Waals surface area contributed by atoms with E-state index in [0.717, 1.165) is 15.6 Å². The summed E-state index contributed by atoms with van der Waals surface area (Å²) in [5, 5.41) is 23.8. The van der Waals surface area contributed by atoms with E-state index < -0.39 is 18.3 Å². The van der Waals surface area contributed by atoms with Crippen LogP contribution in [0.15, 0.2) is 58.1 Å². The van der Waals surface area contributed by atoms with Crippen LogP contribution >= 0.6 is 15.9 Å². The molecule has 1 amide bonds. The largest absolute Gasteiger partial charge is 0.392 e. The number of anilines is 1. The quantitative estimate of drug-likeness (QED) is 0.499. The molecule has 0 radical (unpaired) electrons. The van der Waals surface area contributed by atoms with Gasteiger partial charge in [0, 0.05) is 23.9 Å². The Bertz CT molecular complexity index is 921. The van der Waals surface area contributed by atoms with E-state index in [-0.39, 0.29) is 30.4 Å². The number of ketones is 1. The molecule has 3 N–H and O–H groups in total. The van der Waals surface area contributed by atoms with Gasteiger partial charge >= 0.3 is 0 Å². The van der Waals surface area contributed by atoms with Gasteiger partial charge in [0.25, 0.3) is 0 Å². The van der Waals surface area contributed by atoms with Crippen LogP contribution in [-0.2, 0) is 20.7 Å². The Kier molecular flexibility index (Phi) is 10.0. The van der Waals surface area contributed by atoms with Crippen LogP contribution < -0.4 is 5.32 Å². The number of ether oxygens (including phenoxy) is 1. The Morgan fingerprint density at radius 2 is 1.88 bits per heavy atom. The fourth-order valence-electron chi connectivity index (χ4n) is 3.48. The molecule has 1 aromatic carbocycles. The molecule has 0 spiro atoms. The van der Waals surface area contributed by atoms with Crippen LogP contribution in [0.4, 0.5) is 5.69 Å². The number of methoxy groups -OCH3 is 1. The van der Waals surface area contributed by atoms with E-state index in [1.165, 1.54) is 7.11 Å². The predicted molar refractivity (Wildman–Crippen MR) is 129 cm³/mol. The lowest BCUT2D eigenvalue weighted by Crippen LogP contribution is -2.28. The fraction of sp³-hybridized carbons (Fsp3) is 0.440. The molecule has 0 saturated heterocycles. The van der Waals surface area contributed by atoms with Crippen LogP contribution in [-0.4, -0.2) is 47.3 Å². The highest BCUT2D eigenvalue weighted by molar-refractivity contribution is 9.10. The molecule has 1 aliphatic heterocycles. The Labute approximate surface area is 198 Å². The minimum Gasteiger partial charge on any atom is -0.392 e. The number of Topliss-reactive ketones (excluding diaryl/α,β-unsaturated/α-hetero) is 1. The van der Waals surface area contributed by atoms with Crippen molar-refractivity contribution in [2.24, 2.45) is 5.92 Å². The van der Waals surface area contributed by atoms with Gasteiger partial charge in [-0.25, -0.2) is 0 Å². The average molecular weight is 506 g/mol. The standard InChI is InChI=1S/C25H32BrNO5/c1-15-6-5-7-24(32-4)23(30)13-21(28)16(2)11-17(3)22(29)14-25(31)27-20-12-18(10-15)8-9-19(20)26/h5-9,11-12,16,21-22,24,28-29H,10,13-14H2,1-4H3,(H,27,31)/t16-,21-,22-,24+/m0/s1. The van der Waals surface area contributed by atoms with E-state index in [2.05, 4.69) is 21.2 Å². The first-order valence-corrected chi connectivity index (χ1v) is 11.4. The number of fused-ring (bicyclic) bond motifs is 2. The van der Waals surface area contributed by atoms with E-state index in [4.69, 9.17) is 4.74 Å². The zero-order valence-electron chi connectivity index (χ0n) is 19.0. The third-order valence-corrected chi connectivity index (χ3v) is 6.16. The van der Waals surface area contributed by atoms with Crippen LogP contribution in [0.2, 0.25) is 0 Å². The normalized spacial score (nSPS) is 26.3. The van der Waals surface area contributed by atoms with Gasteiger partial charge in [0.15, 0.2) is 5.78 Å². The van der Waals surface area contributed by atoms with E-state index in [1.54, 1.807) is 32.1 Å². The number of halogens is 1. The lowest BCUT2D eigenvalue weighted by Gasteiger charge is -2.19. The third-order valence-electron chi connectivity index (χ3n) is 5.47. The molecule has 0 aromatic heterocycles. The number of hydrogen-bond donors (Lipinski definition) is 3. The fourth-order valence-corrected chi connectivity index (χ4v) is 3.83. The lowest BCUT2D eigenvalue weighted by molar-refractivity contribution is -0.128. The monoisotopic (exact) mass is 505 g/mol. The van der Waals surface area contributed by atoms with Crippen molar-refractivity contribution in [3.8, 4) is 0 Å². The third kappa shape index (κ3) is 7.81. The second-order valence-corrected chi connectivity index (χ2v) is 9.18. The summed E-state index contributed by atoms with van der Waals surface area (Å²) in [6, 6.07) is 5.74. The number of rotatable bonds is 1. The summed E-state index contributed by atoms with van der Waals surface area (Å²) in [4.78, 5) is 25.1.